The smallest absolute Gasteiger partial charge is 0.223 e. The molecule has 0 N–H and O–H groups in total. The number of hydrogen-bond donors (Lipinski definition) is 0. The molecule has 3 heterocycles. The molecule has 1 fully saturated rings. The van der Waals surface area contributed by atoms with E-state index in [0.29, 0.717) is 31.1 Å². The van der Waals surface area contributed by atoms with Crippen LogP contribution in [0.1, 0.15) is 36.1 Å². The zero-order chi connectivity index (χ0) is 24.9. The first-order valence-corrected chi connectivity index (χ1v) is 12.5. The Balaban J connectivity index is 1.43. The molecule has 1 amide bonds. The number of halogens is 1. The molecule has 0 spiro atoms. The first-order chi connectivity index (χ1) is 17.6. The molecule has 2 aromatic heterocycles. The summed E-state index contributed by atoms with van der Waals surface area (Å²) in [5.74, 6) is 0.0815. The molecule has 0 aliphatic carbocycles. The maximum Gasteiger partial charge on any atom is 0.223 e. The fraction of sp³-hybridized carbons (Fsp3) is 0.310. The molecule has 1 aliphatic heterocycles. The molecule has 5 rings (SSSR count). The van der Waals surface area contributed by atoms with Gasteiger partial charge in [-0.1, -0.05) is 49.4 Å². The monoisotopic (exact) mass is 486 g/mol. The number of nitrogens with zero attached hydrogens (tertiary/aromatic N) is 4. The van der Waals surface area contributed by atoms with Gasteiger partial charge in [0.05, 0.1) is 5.69 Å². The Bertz CT molecular complexity index is 1320. The second kappa shape index (κ2) is 10.9. The predicted molar refractivity (Wildman–Crippen MR) is 138 cm³/mol. The molecule has 6 nitrogen and oxygen atoms in total. The number of carbonyl (C=O) groups excluding carboxylic acids is 1. The van der Waals surface area contributed by atoms with E-state index in [-0.39, 0.29) is 24.1 Å². The molecule has 36 heavy (non-hydrogen) atoms. The number of imidazole rings is 1. The third-order valence-electron chi connectivity index (χ3n) is 6.92. The SMILES string of the molecule is CCN1CCN(C(=O)CC(c2cccc(F)c2)c2cnc3c(OCc4ccccc4)cccn23)CC1. The minimum Gasteiger partial charge on any atom is -0.485 e. The Morgan fingerprint density at radius 3 is 2.58 bits per heavy atom. The summed E-state index contributed by atoms with van der Waals surface area (Å²) in [5, 5.41) is 0. The lowest BCUT2D eigenvalue weighted by atomic mass is 9.92. The molecule has 1 atom stereocenters. The van der Waals surface area contributed by atoms with Crippen LogP contribution in [0.15, 0.2) is 79.1 Å². The van der Waals surface area contributed by atoms with E-state index in [1.807, 2.05) is 64.0 Å². The third kappa shape index (κ3) is 5.26. The predicted octanol–water partition coefficient (Wildman–Crippen LogP) is 4.74. The minimum atomic E-state index is -0.336. The van der Waals surface area contributed by atoms with Gasteiger partial charge in [0, 0.05) is 50.9 Å². The van der Waals surface area contributed by atoms with Crippen LogP contribution in [-0.4, -0.2) is 57.8 Å². The number of likely N-dealkylation sites (N-methyl/N-ethyl adjacent to an activating group) is 1. The van der Waals surface area contributed by atoms with Crippen molar-refractivity contribution in [2.45, 2.75) is 25.9 Å². The van der Waals surface area contributed by atoms with Crippen LogP contribution in [0.2, 0.25) is 0 Å². The Kier molecular flexibility index (Phi) is 7.28. The van der Waals surface area contributed by atoms with Gasteiger partial charge in [-0.05, 0) is 41.9 Å². The molecule has 1 saturated heterocycles. The van der Waals surface area contributed by atoms with Gasteiger partial charge < -0.3 is 18.9 Å². The molecule has 0 radical (unpaired) electrons. The van der Waals surface area contributed by atoms with Crippen LogP contribution in [0.5, 0.6) is 5.75 Å². The van der Waals surface area contributed by atoms with Gasteiger partial charge in [-0.3, -0.25) is 4.79 Å². The van der Waals surface area contributed by atoms with E-state index in [1.54, 1.807) is 12.3 Å². The van der Waals surface area contributed by atoms with E-state index in [2.05, 4.69) is 16.8 Å². The summed E-state index contributed by atoms with van der Waals surface area (Å²) in [4.78, 5) is 22.3. The zero-order valence-corrected chi connectivity index (χ0v) is 20.5. The average molecular weight is 487 g/mol. The number of aromatic nitrogens is 2. The number of pyridine rings is 1. The topological polar surface area (TPSA) is 50.1 Å². The van der Waals surface area contributed by atoms with Crippen LogP contribution < -0.4 is 4.74 Å². The second-order valence-corrected chi connectivity index (χ2v) is 9.15. The quantitative estimate of drug-likeness (QED) is 0.361. The highest BCUT2D eigenvalue weighted by atomic mass is 19.1. The number of hydrogen-bond acceptors (Lipinski definition) is 4. The first kappa shape index (κ1) is 24.0. The molecule has 4 aromatic rings. The van der Waals surface area contributed by atoms with Crippen molar-refractivity contribution in [3.8, 4) is 5.75 Å². The zero-order valence-electron chi connectivity index (χ0n) is 20.5. The summed E-state index contributed by atoms with van der Waals surface area (Å²) >= 11 is 0. The third-order valence-corrected chi connectivity index (χ3v) is 6.92. The van der Waals surface area contributed by atoms with E-state index in [0.717, 1.165) is 36.5 Å². The van der Waals surface area contributed by atoms with Crippen molar-refractivity contribution in [1.82, 2.24) is 19.2 Å². The van der Waals surface area contributed by atoms with Crippen molar-refractivity contribution in [2.75, 3.05) is 32.7 Å². The van der Waals surface area contributed by atoms with E-state index < -0.39 is 0 Å². The van der Waals surface area contributed by atoms with Gasteiger partial charge >= 0.3 is 0 Å². The van der Waals surface area contributed by atoms with E-state index in [1.165, 1.54) is 12.1 Å². The number of piperazine rings is 1. The van der Waals surface area contributed by atoms with Gasteiger partial charge in [0.25, 0.3) is 0 Å². The summed E-state index contributed by atoms with van der Waals surface area (Å²) in [6.07, 6.45) is 3.95. The molecule has 0 saturated carbocycles. The summed E-state index contributed by atoms with van der Waals surface area (Å²) in [7, 11) is 0. The minimum absolute atomic E-state index is 0.0754. The van der Waals surface area contributed by atoms with Gasteiger partial charge in [0.15, 0.2) is 11.4 Å². The molecule has 2 aromatic carbocycles. The molecular formula is C29H31FN4O2. The van der Waals surface area contributed by atoms with E-state index >= 15 is 0 Å². The van der Waals surface area contributed by atoms with Gasteiger partial charge in [-0.25, -0.2) is 9.37 Å². The molecule has 7 heteroatoms. The number of fused-ring (bicyclic) bond motifs is 1. The van der Waals surface area contributed by atoms with Crippen LogP contribution in [0.25, 0.3) is 5.65 Å². The molecule has 186 valence electrons. The Morgan fingerprint density at radius 2 is 1.83 bits per heavy atom. The van der Waals surface area contributed by atoms with Crippen molar-refractivity contribution in [3.05, 3.63) is 102 Å². The lowest BCUT2D eigenvalue weighted by Crippen LogP contribution is -2.48. The van der Waals surface area contributed by atoms with Crippen LogP contribution in [-0.2, 0) is 11.4 Å². The van der Waals surface area contributed by atoms with Crippen molar-refractivity contribution < 1.29 is 13.9 Å². The summed E-state index contributed by atoms with van der Waals surface area (Å²) in [5.41, 5.74) is 3.33. The Hall–Kier alpha value is -3.71. The summed E-state index contributed by atoms with van der Waals surface area (Å²) in [6.45, 7) is 6.75. The van der Waals surface area contributed by atoms with Crippen molar-refractivity contribution in [1.29, 1.82) is 0 Å². The van der Waals surface area contributed by atoms with Gasteiger partial charge in [-0.2, -0.15) is 0 Å². The highest BCUT2D eigenvalue weighted by molar-refractivity contribution is 5.78. The van der Waals surface area contributed by atoms with Crippen molar-refractivity contribution >= 4 is 11.6 Å². The number of benzene rings is 2. The summed E-state index contributed by atoms with van der Waals surface area (Å²) in [6, 6.07) is 20.3. The standard InChI is InChI=1S/C29H31FN4O2/c1-2-32-14-16-33(17-15-32)28(35)19-25(23-10-6-11-24(30)18-23)26-20-31-29-27(12-7-13-34(26)29)36-21-22-8-4-3-5-9-22/h3-13,18,20,25H,2,14-17,19,21H2,1H3. The lowest BCUT2D eigenvalue weighted by molar-refractivity contribution is -0.133. The molecule has 1 aliphatic rings. The Labute approximate surface area is 210 Å². The highest BCUT2D eigenvalue weighted by Crippen LogP contribution is 2.32. The highest BCUT2D eigenvalue weighted by Gasteiger charge is 2.27. The second-order valence-electron chi connectivity index (χ2n) is 9.15. The fourth-order valence-electron chi connectivity index (χ4n) is 4.84. The molecule has 0 bridgehead atoms. The van der Waals surface area contributed by atoms with Gasteiger partial charge in [0.1, 0.15) is 12.4 Å². The average Bonchev–Trinajstić information content (AvgIpc) is 3.35. The normalized spacial score (nSPS) is 15.2. The van der Waals surface area contributed by atoms with Crippen molar-refractivity contribution in [2.24, 2.45) is 0 Å². The first-order valence-electron chi connectivity index (χ1n) is 12.5. The largest absolute Gasteiger partial charge is 0.485 e. The van der Waals surface area contributed by atoms with Crippen LogP contribution in [0.3, 0.4) is 0 Å². The van der Waals surface area contributed by atoms with Crippen LogP contribution >= 0.6 is 0 Å². The van der Waals surface area contributed by atoms with Gasteiger partial charge in [-0.15, -0.1) is 0 Å². The molecule has 1 unspecified atom stereocenters. The number of carbonyl (C=O) groups is 1. The molecular weight excluding hydrogens is 455 g/mol. The lowest BCUT2D eigenvalue weighted by Gasteiger charge is -2.34. The number of amides is 1. The van der Waals surface area contributed by atoms with Crippen molar-refractivity contribution in [3.63, 3.8) is 0 Å². The van der Waals surface area contributed by atoms with E-state index in [4.69, 9.17) is 4.74 Å². The number of rotatable bonds is 8. The Morgan fingerprint density at radius 1 is 1.03 bits per heavy atom. The number of ether oxygens (including phenoxy) is 1. The fourth-order valence-corrected chi connectivity index (χ4v) is 4.84. The van der Waals surface area contributed by atoms with Gasteiger partial charge in [0.2, 0.25) is 5.91 Å². The van der Waals surface area contributed by atoms with Crippen LogP contribution in [0.4, 0.5) is 4.39 Å². The maximum atomic E-state index is 14.2. The maximum absolute atomic E-state index is 14.2. The van der Waals surface area contributed by atoms with Crippen LogP contribution in [0, 0.1) is 5.82 Å². The summed E-state index contributed by atoms with van der Waals surface area (Å²) < 4.78 is 22.3. The van der Waals surface area contributed by atoms with E-state index in [9.17, 15) is 9.18 Å².